The van der Waals surface area contributed by atoms with Crippen LogP contribution < -0.4 is 0 Å². The van der Waals surface area contributed by atoms with Crippen molar-refractivity contribution < 1.29 is 10.2 Å². The summed E-state index contributed by atoms with van der Waals surface area (Å²) in [5.41, 5.74) is 2.61. The molecular weight excluding hydrogens is 286 g/mol. The van der Waals surface area contributed by atoms with Crippen molar-refractivity contribution in [2.45, 2.75) is 24.4 Å². The molecule has 0 unspecified atom stereocenters. The van der Waals surface area contributed by atoms with Crippen LogP contribution in [0.2, 0.25) is 0 Å². The highest BCUT2D eigenvalue weighted by Crippen LogP contribution is 2.40. The second-order valence-electron chi connectivity index (χ2n) is 6.49. The number of hydrogen-bond acceptors (Lipinski definition) is 3. The van der Waals surface area contributed by atoms with Crippen molar-refractivity contribution in [2.24, 2.45) is 0 Å². The lowest BCUT2D eigenvalue weighted by Gasteiger charge is -2.44. The molecule has 1 aliphatic heterocycles. The standard InChI is InChI=1S/C20H25NO2/c22-15-19(23)14-21-13-7-12-20(16-21,17-8-3-1-4-9-17)18-10-5-2-6-11-18/h1-6,8-11,19,22-23H,7,12-16H2/t19-/m0/s1. The summed E-state index contributed by atoms with van der Waals surface area (Å²) in [6, 6.07) is 21.3. The van der Waals surface area contributed by atoms with Gasteiger partial charge >= 0.3 is 0 Å². The molecular formula is C20H25NO2. The summed E-state index contributed by atoms with van der Waals surface area (Å²) < 4.78 is 0. The molecule has 1 fully saturated rings. The lowest BCUT2D eigenvalue weighted by Crippen LogP contribution is -2.49. The third-order valence-electron chi connectivity index (χ3n) is 4.90. The molecule has 0 saturated carbocycles. The molecule has 0 amide bonds. The number of likely N-dealkylation sites (tertiary alicyclic amines) is 1. The molecule has 23 heavy (non-hydrogen) atoms. The van der Waals surface area contributed by atoms with Crippen molar-refractivity contribution in [1.29, 1.82) is 0 Å². The first-order valence-corrected chi connectivity index (χ1v) is 8.37. The Bertz CT molecular complexity index is 560. The van der Waals surface area contributed by atoms with Gasteiger partial charge in [-0.25, -0.2) is 0 Å². The van der Waals surface area contributed by atoms with E-state index in [-0.39, 0.29) is 12.0 Å². The SMILES string of the molecule is OC[C@@H](O)CN1CCCC(c2ccccc2)(c2ccccc2)C1. The van der Waals surface area contributed by atoms with Gasteiger partial charge in [0.25, 0.3) is 0 Å². The summed E-state index contributed by atoms with van der Waals surface area (Å²) in [6.07, 6.45) is 1.52. The van der Waals surface area contributed by atoms with E-state index in [1.807, 2.05) is 0 Å². The second kappa shape index (κ2) is 7.26. The Morgan fingerprint density at radius 3 is 2.04 bits per heavy atom. The zero-order valence-electron chi connectivity index (χ0n) is 13.4. The average Bonchev–Trinajstić information content (AvgIpc) is 2.63. The molecule has 2 N–H and O–H groups in total. The fourth-order valence-electron chi connectivity index (χ4n) is 3.81. The Kier molecular flexibility index (Phi) is 5.11. The second-order valence-corrected chi connectivity index (χ2v) is 6.49. The van der Waals surface area contributed by atoms with Gasteiger partial charge in [-0.05, 0) is 30.5 Å². The van der Waals surface area contributed by atoms with Gasteiger partial charge in [0.15, 0.2) is 0 Å². The minimum absolute atomic E-state index is 0.0457. The van der Waals surface area contributed by atoms with E-state index < -0.39 is 6.10 Å². The number of hydrogen-bond donors (Lipinski definition) is 2. The number of rotatable bonds is 5. The van der Waals surface area contributed by atoms with Crippen LogP contribution in [0.15, 0.2) is 60.7 Å². The third kappa shape index (κ3) is 3.47. The number of benzene rings is 2. The lowest BCUT2D eigenvalue weighted by atomic mass is 9.69. The number of aliphatic hydroxyl groups excluding tert-OH is 2. The lowest BCUT2D eigenvalue weighted by molar-refractivity contribution is 0.0433. The zero-order valence-corrected chi connectivity index (χ0v) is 13.4. The Hall–Kier alpha value is -1.68. The maximum Gasteiger partial charge on any atom is 0.0897 e. The van der Waals surface area contributed by atoms with Crippen LogP contribution in [0.25, 0.3) is 0 Å². The van der Waals surface area contributed by atoms with Gasteiger partial charge in [-0.1, -0.05) is 60.7 Å². The third-order valence-corrected chi connectivity index (χ3v) is 4.90. The van der Waals surface area contributed by atoms with E-state index >= 15 is 0 Å². The van der Waals surface area contributed by atoms with Crippen molar-refractivity contribution in [3.63, 3.8) is 0 Å². The van der Waals surface area contributed by atoms with Crippen LogP contribution in [0.3, 0.4) is 0 Å². The van der Waals surface area contributed by atoms with Crippen LogP contribution in [0.4, 0.5) is 0 Å². The highest BCUT2D eigenvalue weighted by atomic mass is 16.3. The summed E-state index contributed by atoms with van der Waals surface area (Å²) in [5, 5.41) is 19.0. The maximum atomic E-state index is 9.83. The van der Waals surface area contributed by atoms with Crippen LogP contribution in [-0.2, 0) is 5.41 Å². The van der Waals surface area contributed by atoms with Crippen LogP contribution in [0.1, 0.15) is 24.0 Å². The Morgan fingerprint density at radius 1 is 0.957 bits per heavy atom. The monoisotopic (exact) mass is 311 g/mol. The van der Waals surface area contributed by atoms with E-state index in [1.165, 1.54) is 11.1 Å². The largest absolute Gasteiger partial charge is 0.394 e. The maximum absolute atomic E-state index is 9.83. The molecule has 2 aromatic rings. The molecule has 0 bridgehead atoms. The van der Waals surface area contributed by atoms with Crippen molar-refractivity contribution in [3.05, 3.63) is 71.8 Å². The highest BCUT2D eigenvalue weighted by molar-refractivity contribution is 5.40. The first kappa shape index (κ1) is 16.2. The van der Waals surface area contributed by atoms with Gasteiger partial charge < -0.3 is 10.2 Å². The molecule has 0 aromatic heterocycles. The molecule has 3 rings (SSSR count). The summed E-state index contributed by atoms with van der Waals surface area (Å²) in [5.74, 6) is 0. The minimum Gasteiger partial charge on any atom is -0.394 e. The van der Waals surface area contributed by atoms with Crippen LogP contribution >= 0.6 is 0 Å². The summed E-state index contributed by atoms with van der Waals surface area (Å²) in [6.45, 7) is 2.19. The van der Waals surface area contributed by atoms with Crippen molar-refractivity contribution >= 4 is 0 Å². The molecule has 1 aliphatic rings. The number of nitrogens with zero attached hydrogens (tertiary/aromatic N) is 1. The van der Waals surface area contributed by atoms with Gasteiger partial charge in [-0.15, -0.1) is 0 Å². The van der Waals surface area contributed by atoms with E-state index in [9.17, 15) is 5.11 Å². The Balaban J connectivity index is 1.96. The average molecular weight is 311 g/mol. The van der Waals surface area contributed by atoms with Crippen LogP contribution in [-0.4, -0.2) is 47.5 Å². The van der Waals surface area contributed by atoms with E-state index in [0.717, 1.165) is 25.9 Å². The normalized spacial score (nSPS) is 19.4. The molecule has 3 heteroatoms. The quantitative estimate of drug-likeness (QED) is 0.891. The smallest absolute Gasteiger partial charge is 0.0897 e. The fraction of sp³-hybridized carbons (Fsp3) is 0.400. The highest BCUT2D eigenvalue weighted by Gasteiger charge is 2.38. The van der Waals surface area contributed by atoms with E-state index in [2.05, 4.69) is 65.6 Å². The molecule has 122 valence electrons. The fourth-order valence-corrected chi connectivity index (χ4v) is 3.81. The van der Waals surface area contributed by atoms with Crippen molar-refractivity contribution in [2.75, 3.05) is 26.2 Å². The van der Waals surface area contributed by atoms with Gasteiger partial charge in [0.2, 0.25) is 0 Å². The first-order valence-electron chi connectivity index (χ1n) is 8.37. The number of aliphatic hydroxyl groups is 2. The Labute approximate surface area is 138 Å². The molecule has 1 heterocycles. The molecule has 0 radical (unpaired) electrons. The van der Waals surface area contributed by atoms with Gasteiger partial charge in [0.05, 0.1) is 12.7 Å². The minimum atomic E-state index is -0.669. The van der Waals surface area contributed by atoms with E-state index in [0.29, 0.717) is 6.54 Å². The van der Waals surface area contributed by atoms with Gasteiger partial charge in [-0.3, -0.25) is 4.90 Å². The van der Waals surface area contributed by atoms with Crippen LogP contribution in [0.5, 0.6) is 0 Å². The molecule has 0 spiro atoms. The molecule has 1 atom stereocenters. The summed E-state index contributed by atoms with van der Waals surface area (Å²) >= 11 is 0. The predicted molar refractivity (Wildman–Crippen MR) is 92.4 cm³/mol. The summed E-state index contributed by atoms with van der Waals surface area (Å²) in [4.78, 5) is 2.28. The number of β-amino-alcohol motifs (C(OH)–C–C–N with tert-alkyl or cyclic N) is 1. The van der Waals surface area contributed by atoms with Gasteiger partial charge in [0.1, 0.15) is 0 Å². The Morgan fingerprint density at radius 2 is 1.52 bits per heavy atom. The topological polar surface area (TPSA) is 43.7 Å². The number of piperidine rings is 1. The van der Waals surface area contributed by atoms with E-state index in [1.54, 1.807) is 0 Å². The van der Waals surface area contributed by atoms with Crippen LogP contribution in [0, 0.1) is 0 Å². The molecule has 3 nitrogen and oxygen atoms in total. The van der Waals surface area contributed by atoms with Gasteiger partial charge in [0, 0.05) is 18.5 Å². The van der Waals surface area contributed by atoms with Gasteiger partial charge in [-0.2, -0.15) is 0 Å². The van der Waals surface area contributed by atoms with Crippen molar-refractivity contribution in [1.82, 2.24) is 4.90 Å². The van der Waals surface area contributed by atoms with E-state index in [4.69, 9.17) is 5.11 Å². The molecule has 0 aliphatic carbocycles. The summed E-state index contributed by atoms with van der Waals surface area (Å²) in [7, 11) is 0. The first-order chi connectivity index (χ1) is 11.2. The van der Waals surface area contributed by atoms with Crippen molar-refractivity contribution in [3.8, 4) is 0 Å². The molecule has 2 aromatic carbocycles. The predicted octanol–water partition coefficient (Wildman–Crippen LogP) is 2.42. The zero-order chi connectivity index (χ0) is 16.1. The molecule has 1 saturated heterocycles.